The molecule has 3 aliphatic heterocycles. The molecule has 1 aromatic heterocycles. The first-order chi connectivity index (χ1) is 14.8. The van der Waals surface area contributed by atoms with Gasteiger partial charge in [0, 0.05) is 49.2 Å². The highest BCUT2D eigenvalue weighted by atomic mass is 16.5. The van der Waals surface area contributed by atoms with Crippen LogP contribution in [0.2, 0.25) is 0 Å². The molecular formula is C23H30N6O. The van der Waals surface area contributed by atoms with Gasteiger partial charge in [0.2, 0.25) is 0 Å². The highest BCUT2D eigenvalue weighted by Gasteiger charge is 2.18. The van der Waals surface area contributed by atoms with Gasteiger partial charge in [-0.3, -0.25) is 0 Å². The number of fused-ring (bicyclic) bond motifs is 1. The topological polar surface area (TPSA) is 73.5 Å². The van der Waals surface area contributed by atoms with Crippen LogP contribution in [-0.2, 0) is 11.3 Å². The lowest BCUT2D eigenvalue weighted by atomic mass is 10.0. The zero-order valence-corrected chi connectivity index (χ0v) is 17.3. The summed E-state index contributed by atoms with van der Waals surface area (Å²) in [5.41, 5.74) is 4.70. The second kappa shape index (κ2) is 8.93. The van der Waals surface area contributed by atoms with E-state index >= 15 is 0 Å². The summed E-state index contributed by atoms with van der Waals surface area (Å²) in [5, 5.41) is 14.0. The smallest absolute Gasteiger partial charge is 0.138 e. The van der Waals surface area contributed by atoms with Gasteiger partial charge >= 0.3 is 0 Å². The summed E-state index contributed by atoms with van der Waals surface area (Å²) in [6.07, 6.45) is 6.51. The van der Waals surface area contributed by atoms with Crippen molar-refractivity contribution in [2.45, 2.75) is 25.4 Å². The molecular weight excluding hydrogens is 376 g/mol. The predicted molar refractivity (Wildman–Crippen MR) is 122 cm³/mol. The summed E-state index contributed by atoms with van der Waals surface area (Å²) in [7, 11) is 0. The molecule has 3 aliphatic rings. The van der Waals surface area contributed by atoms with E-state index in [0.29, 0.717) is 6.04 Å². The first kappa shape index (κ1) is 19.2. The van der Waals surface area contributed by atoms with Gasteiger partial charge in [-0.05, 0) is 67.6 Å². The van der Waals surface area contributed by atoms with Gasteiger partial charge in [0.15, 0.2) is 0 Å². The molecule has 4 heterocycles. The van der Waals surface area contributed by atoms with Crippen LogP contribution in [0.15, 0.2) is 36.5 Å². The number of ether oxygens (including phenoxy) is 1. The third kappa shape index (κ3) is 4.37. The molecule has 7 nitrogen and oxygen atoms in total. The molecule has 2 fully saturated rings. The number of rotatable bonds is 5. The van der Waals surface area contributed by atoms with E-state index in [1.54, 1.807) is 0 Å². The molecule has 0 aliphatic carbocycles. The van der Waals surface area contributed by atoms with Gasteiger partial charge in [-0.1, -0.05) is 0 Å². The molecule has 1 aromatic carbocycles. The molecule has 7 heteroatoms. The molecule has 0 spiro atoms. The van der Waals surface area contributed by atoms with Crippen LogP contribution < -0.4 is 26.2 Å². The third-order valence-corrected chi connectivity index (χ3v) is 5.97. The minimum Gasteiger partial charge on any atom is -0.387 e. The van der Waals surface area contributed by atoms with E-state index in [0.717, 1.165) is 63.3 Å². The fraction of sp³-hybridized carbons (Fsp3) is 0.435. The maximum absolute atomic E-state index is 5.46. The fourth-order valence-electron chi connectivity index (χ4n) is 4.31. The number of hydrogen-bond donors (Lipinski definition) is 4. The van der Waals surface area contributed by atoms with Gasteiger partial charge < -0.3 is 30.9 Å². The largest absolute Gasteiger partial charge is 0.387 e. The number of pyridine rings is 1. The van der Waals surface area contributed by atoms with Crippen molar-refractivity contribution in [3.63, 3.8) is 0 Å². The number of hydrogen-bond acceptors (Lipinski definition) is 7. The van der Waals surface area contributed by atoms with Crippen LogP contribution in [0.3, 0.4) is 0 Å². The maximum Gasteiger partial charge on any atom is 0.138 e. The summed E-state index contributed by atoms with van der Waals surface area (Å²) in [6, 6.07) is 11.2. The van der Waals surface area contributed by atoms with Crippen LogP contribution in [0, 0.1) is 0 Å². The Morgan fingerprint density at radius 3 is 2.80 bits per heavy atom. The quantitative estimate of drug-likeness (QED) is 0.608. The van der Waals surface area contributed by atoms with E-state index in [2.05, 4.69) is 62.6 Å². The van der Waals surface area contributed by atoms with Crippen LogP contribution in [-0.4, -0.2) is 50.4 Å². The number of benzene rings is 1. The highest BCUT2D eigenvalue weighted by Crippen LogP contribution is 2.29. The van der Waals surface area contributed by atoms with Gasteiger partial charge in [-0.15, -0.1) is 0 Å². The average molecular weight is 407 g/mol. The lowest BCUT2D eigenvalue weighted by molar-refractivity contribution is 0.122. The van der Waals surface area contributed by atoms with Crippen molar-refractivity contribution in [1.29, 1.82) is 0 Å². The van der Waals surface area contributed by atoms with Crippen molar-refractivity contribution in [1.82, 2.24) is 15.6 Å². The second-order valence-corrected chi connectivity index (χ2v) is 8.10. The summed E-state index contributed by atoms with van der Waals surface area (Å²) < 4.78 is 5.46. The zero-order chi connectivity index (χ0) is 20.2. The summed E-state index contributed by atoms with van der Waals surface area (Å²) in [5.74, 6) is 1.84. The molecule has 158 valence electrons. The van der Waals surface area contributed by atoms with Crippen LogP contribution in [0.4, 0.5) is 23.0 Å². The number of aromatic nitrogens is 1. The van der Waals surface area contributed by atoms with E-state index in [4.69, 9.17) is 9.72 Å². The Morgan fingerprint density at radius 1 is 1.13 bits per heavy atom. The third-order valence-electron chi connectivity index (χ3n) is 5.97. The highest BCUT2D eigenvalue weighted by molar-refractivity contribution is 5.71. The molecule has 5 rings (SSSR count). The van der Waals surface area contributed by atoms with Gasteiger partial charge in [-0.25, -0.2) is 4.98 Å². The van der Waals surface area contributed by atoms with Gasteiger partial charge in [-0.2, -0.15) is 0 Å². The minimum atomic E-state index is 0.427. The van der Waals surface area contributed by atoms with E-state index in [1.165, 1.54) is 29.7 Å². The molecule has 4 N–H and O–H groups in total. The number of nitrogens with zero attached hydrogens (tertiary/aromatic N) is 2. The Morgan fingerprint density at radius 2 is 2.00 bits per heavy atom. The van der Waals surface area contributed by atoms with Gasteiger partial charge in [0.05, 0.1) is 13.2 Å². The van der Waals surface area contributed by atoms with E-state index < -0.39 is 0 Å². The molecule has 30 heavy (non-hydrogen) atoms. The van der Waals surface area contributed by atoms with Crippen molar-refractivity contribution >= 4 is 29.1 Å². The second-order valence-electron chi connectivity index (χ2n) is 8.10. The van der Waals surface area contributed by atoms with Crippen LogP contribution in [0.5, 0.6) is 0 Å². The Labute approximate surface area is 177 Å². The van der Waals surface area contributed by atoms with Crippen molar-refractivity contribution in [2.24, 2.45) is 0 Å². The van der Waals surface area contributed by atoms with Crippen molar-refractivity contribution < 1.29 is 4.74 Å². The maximum atomic E-state index is 5.46. The van der Waals surface area contributed by atoms with Crippen molar-refractivity contribution in [2.75, 3.05) is 54.9 Å². The molecule has 0 radical (unpaired) electrons. The van der Waals surface area contributed by atoms with E-state index in [1.807, 2.05) is 6.20 Å². The Balaban J connectivity index is 1.36. The fourth-order valence-corrected chi connectivity index (χ4v) is 4.31. The molecule has 2 saturated heterocycles. The zero-order valence-electron chi connectivity index (χ0n) is 17.3. The lowest BCUT2D eigenvalue weighted by Gasteiger charge is -2.29. The normalized spacial score (nSPS) is 20.9. The Hall–Kier alpha value is -2.77. The molecule has 0 bridgehead atoms. The number of nitrogens with one attached hydrogen (secondary N) is 4. The number of anilines is 4. The average Bonchev–Trinajstić information content (AvgIpc) is 2.81. The Kier molecular flexibility index (Phi) is 5.72. The first-order valence-electron chi connectivity index (χ1n) is 11.0. The summed E-state index contributed by atoms with van der Waals surface area (Å²) in [4.78, 5) is 7.30. The van der Waals surface area contributed by atoms with Crippen LogP contribution in [0.25, 0.3) is 6.08 Å². The first-order valence-corrected chi connectivity index (χ1v) is 11.0. The molecule has 0 unspecified atom stereocenters. The number of morpholine rings is 1. The van der Waals surface area contributed by atoms with Crippen LogP contribution >= 0.6 is 0 Å². The van der Waals surface area contributed by atoms with Gasteiger partial charge in [0.25, 0.3) is 0 Å². The summed E-state index contributed by atoms with van der Waals surface area (Å²) in [6.45, 7) is 6.37. The summed E-state index contributed by atoms with van der Waals surface area (Å²) >= 11 is 0. The van der Waals surface area contributed by atoms with Crippen LogP contribution in [0.1, 0.15) is 24.0 Å². The molecule has 0 saturated carbocycles. The van der Waals surface area contributed by atoms with E-state index in [-0.39, 0.29) is 0 Å². The monoisotopic (exact) mass is 406 g/mol. The Bertz CT molecular complexity index is 885. The van der Waals surface area contributed by atoms with Crippen molar-refractivity contribution in [3.8, 4) is 0 Å². The van der Waals surface area contributed by atoms with Gasteiger partial charge in [0.1, 0.15) is 11.6 Å². The number of piperidine rings is 1. The predicted octanol–water partition coefficient (Wildman–Crippen LogP) is 2.90. The molecule has 2 aromatic rings. The van der Waals surface area contributed by atoms with Crippen molar-refractivity contribution in [3.05, 3.63) is 47.7 Å². The van der Waals surface area contributed by atoms with E-state index in [9.17, 15) is 0 Å². The SMILES string of the molecule is C1=Cc2cc(N[C@@H]3CCCNC3)nc(Nc3ccc(N4CCOCC4)cc3)c2CN1. The molecule has 0 amide bonds. The molecule has 1 atom stereocenters. The lowest BCUT2D eigenvalue weighted by Crippen LogP contribution is -2.38. The standard InChI is InChI=1S/C23H30N6O/c1-2-19(15-24-8-1)26-22-14-17-7-9-25-16-21(17)23(28-22)27-18-3-5-20(6-4-18)29-10-12-30-13-11-29/h3-7,9,14,19,24-25H,1-2,8,10-13,15-16H2,(H2,26,27,28)/t19-/m1/s1. The minimum absolute atomic E-state index is 0.427.